The van der Waals surface area contributed by atoms with Crippen LogP contribution in [0.3, 0.4) is 0 Å². The summed E-state index contributed by atoms with van der Waals surface area (Å²) in [6.45, 7) is 2.21. The summed E-state index contributed by atoms with van der Waals surface area (Å²) in [4.78, 5) is 10.4. The molecular formula is C5H10N2O3S. The lowest BCUT2D eigenvalue weighted by Gasteiger charge is -2.28. The Kier molecular flexibility index (Phi) is 2.15. The highest BCUT2D eigenvalue weighted by Gasteiger charge is 2.27. The molecule has 0 atom stereocenters. The molecule has 64 valence electrons. The van der Waals surface area contributed by atoms with E-state index >= 15 is 0 Å². The number of nitrogens with one attached hydrogen (secondary N) is 1. The third kappa shape index (κ3) is 1.90. The van der Waals surface area contributed by atoms with Crippen molar-refractivity contribution in [3.05, 3.63) is 0 Å². The minimum absolute atomic E-state index is 0.516. The molecule has 1 amide bonds. The average Bonchev–Trinajstić information content (AvgIpc) is 1.50. The SMILES string of the molecule is CC(=O)NS(=O)(=O)N1CCC1. The van der Waals surface area contributed by atoms with E-state index < -0.39 is 16.1 Å². The van der Waals surface area contributed by atoms with Crippen LogP contribution in [0.25, 0.3) is 0 Å². The van der Waals surface area contributed by atoms with Gasteiger partial charge in [0, 0.05) is 20.0 Å². The maximum Gasteiger partial charge on any atom is 0.303 e. The molecule has 0 aromatic heterocycles. The van der Waals surface area contributed by atoms with Crippen LogP contribution >= 0.6 is 0 Å². The van der Waals surface area contributed by atoms with Crippen molar-refractivity contribution in [1.29, 1.82) is 0 Å². The quantitative estimate of drug-likeness (QED) is 0.594. The number of carbonyl (C=O) groups is 1. The number of nitrogens with zero attached hydrogens (tertiary/aromatic N) is 1. The zero-order chi connectivity index (χ0) is 8.48. The van der Waals surface area contributed by atoms with E-state index in [-0.39, 0.29) is 0 Å². The fraction of sp³-hybridized carbons (Fsp3) is 0.800. The maximum atomic E-state index is 11.0. The van der Waals surface area contributed by atoms with Crippen LogP contribution in [-0.4, -0.2) is 31.7 Å². The van der Waals surface area contributed by atoms with Gasteiger partial charge in [0.05, 0.1) is 0 Å². The summed E-state index contributed by atoms with van der Waals surface area (Å²) >= 11 is 0. The maximum absolute atomic E-state index is 11.0. The van der Waals surface area contributed by atoms with E-state index in [0.29, 0.717) is 13.1 Å². The third-order valence-electron chi connectivity index (χ3n) is 1.43. The van der Waals surface area contributed by atoms with Gasteiger partial charge in [0.25, 0.3) is 0 Å². The lowest BCUT2D eigenvalue weighted by Crippen LogP contribution is -2.49. The van der Waals surface area contributed by atoms with Crippen LogP contribution in [0, 0.1) is 0 Å². The zero-order valence-electron chi connectivity index (χ0n) is 6.20. The van der Waals surface area contributed by atoms with Crippen molar-refractivity contribution in [3.63, 3.8) is 0 Å². The molecule has 1 aliphatic heterocycles. The van der Waals surface area contributed by atoms with Crippen LogP contribution in [0.2, 0.25) is 0 Å². The largest absolute Gasteiger partial charge is 0.303 e. The molecule has 6 heteroatoms. The van der Waals surface area contributed by atoms with Gasteiger partial charge in [-0.2, -0.15) is 12.7 Å². The second-order valence-corrected chi connectivity index (χ2v) is 4.09. The van der Waals surface area contributed by atoms with E-state index in [0.717, 1.165) is 6.42 Å². The summed E-state index contributed by atoms with van der Waals surface area (Å²) in [5.41, 5.74) is 0. The molecule has 0 spiro atoms. The molecule has 0 aromatic carbocycles. The fourth-order valence-corrected chi connectivity index (χ4v) is 2.01. The van der Waals surface area contributed by atoms with Crippen molar-refractivity contribution in [2.75, 3.05) is 13.1 Å². The smallest absolute Gasteiger partial charge is 0.274 e. The molecule has 0 unspecified atom stereocenters. The minimum atomic E-state index is -3.49. The number of amides is 1. The molecule has 1 saturated heterocycles. The molecule has 1 aliphatic rings. The molecule has 0 aliphatic carbocycles. The monoisotopic (exact) mass is 178 g/mol. The fourth-order valence-electron chi connectivity index (χ4n) is 0.774. The highest BCUT2D eigenvalue weighted by Crippen LogP contribution is 2.09. The van der Waals surface area contributed by atoms with Gasteiger partial charge in [-0.05, 0) is 6.42 Å². The molecule has 1 rings (SSSR count). The highest BCUT2D eigenvalue weighted by atomic mass is 32.2. The first kappa shape index (κ1) is 8.48. The van der Waals surface area contributed by atoms with E-state index in [9.17, 15) is 13.2 Å². The Hall–Kier alpha value is -0.620. The second kappa shape index (κ2) is 2.78. The molecule has 0 aromatic rings. The summed E-state index contributed by atoms with van der Waals surface area (Å²) in [7, 11) is -3.49. The van der Waals surface area contributed by atoms with Crippen molar-refractivity contribution < 1.29 is 13.2 Å². The van der Waals surface area contributed by atoms with Gasteiger partial charge in [0.1, 0.15) is 0 Å². The van der Waals surface area contributed by atoms with Crippen molar-refractivity contribution in [1.82, 2.24) is 9.03 Å². The predicted octanol–water partition coefficient (Wildman–Crippen LogP) is -0.927. The summed E-state index contributed by atoms with van der Waals surface area (Å²) < 4.78 is 25.1. The first-order valence-corrected chi connectivity index (χ1v) is 4.75. The van der Waals surface area contributed by atoms with Crippen LogP contribution in [0.5, 0.6) is 0 Å². The molecule has 0 bridgehead atoms. The molecule has 0 radical (unpaired) electrons. The number of hydrogen-bond acceptors (Lipinski definition) is 3. The van der Waals surface area contributed by atoms with Gasteiger partial charge >= 0.3 is 10.2 Å². The Labute approximate surface area is 65.6 Å². The average molecular weight is 178 g/mol. The van der Waals surface area contributed by atoms with E-state index in [1.54, 1.807) is 0 Å². The molecule has 1 heterocycles. The number of carbonyl (C=O) groups excluding carboxylic acids is 1. The van der Waals surface area contributed by atoms with Gasteiger partial charge in [-0.1, -0.05) is 0 Å². The summed E-state index contributed by atoms with van der Waals surface area (Å²) in [5, 5.41) is 0. The number of hydrogen-bond donors (Lipinski definition) is 1. The summed E-state index contributed by atoms with van der Waals surface area (Å²) in [5.74, 6) is -0.545. The van der Waals surface area contributed by atoms with Crippen LogP contribution in [0.15, 0.2) is 0 Å². The van der Waals surface area contributed by atoms with Crippen LogP contribution in [-0.2, 0) is 15.0 Å². The Morgan fingerprint density at radius 3 is 2.27 bits per heavy atom. The van der Waals surface area contributed by atoms with Crippen LogP contribution in [0.4, 0.5) is 0 Å². The van der Waals surface area contributed by atoms with Crippen molar-refractivity contribution >= 4 is 16.1 Å². The Balaban J connectivity index is 2.59. The van der Waals surface area contributed by atoms with Crippen molar-refractivity contribution in [3.8, 4) is 0 Å². The molecule has 1 fully saturated rings. The molecule has 5 nitrogen and oxygen atoms in total. The Morgan fingerprint density at radius 2 is 2.00 bits per heavy atom. The van der Waals surface area contributed by atoms with E-state index in [4.69, 9.17) is 0 Å². The Bertz CT molecular complexity index is 255. The van der Waals surface area contributed by atoms with Gasteiger partial charge < -0.3 is 0 Å². The topological polar surface area (TPSA) is 66.5 Å². The summed E-state index contributed by atoms with van der Waals surface area (Å²) in [6, 6.07) is 0. The van der Waals surface area contributed by atoms with Crippen LogP contribution in [0.1, 0.15) is 13.3 Å². The van der Waals surface area contributed by atoms with E-state index in [1.807, 2.05) is 4.72 Å². The second-order valence-electron chi connectivity index (χ2n) is 2.42. The lowest BCUT2D eigenvalue weighted by molar-refractivity contribution is -0.117. The van der Waals surface area contributed by atoms with Gasteiger partial charge in [0.15, 0.2) is 0 Å². The molecular weight excluding hydrogens is 168 g/mol. The summed E-state index contributed by atoms with van der Waals surface area (Å²) in [6.07, 6.45) is 0.874. The van der Waals surface area contributed by atoms with Crippen molar-refractivity contribution in [2.24, 2.45) is 0 Å². The van der Waals surface area contributed by atoms with E-state index in [2.05, 4.69) is 0 Å². The zero-order valence-corrected chi connectivity index (χ0v) is 7.02. The molecule has 0 saturated carbocycles. The third-order valence-corrected chi connectivity index (χ3v) is 3.02. The van der Waals surface area contributed by atoms with Crippen LogP contribution < -0.4 is 4.72 Å². The highest BCUT2D eigenvalue weighted by molar-refractivity contribution is 7.87. The lowest BCUT2D eigenvalue weighted by atomic mass is 10.3. The minimum Gasteiger partial charge on any atom is -0.274 e. The predicted molar refractivity (Wildman–Crippen MR) is 38.9 cm³/mol. The Morgan fingerprint density at radius 1 is 1.45 bits per heavy atom. The van der Waals surface area contributed by atoms with E-state index in [1.165, 1.54) is 11.2 Å². The first-order valence-electron chi connectivity index (χ1n) is 3.31. The first-order chi connectivity index (χ1) is 5.02. The molecule has 1 N–H and O–H groups in total. The van der Waals surface area contributed by atoms with Crippen molar-refractivity contribution in [2.45, 2.75) is 13.3 Å². The molecule has 11 heavy (non-hydrogen) atoms. The van der Waals surface area contributed by atoms with Gasteiger partial charge in [0.2, 0.25) is 5.91 Å². The normalized spacial score (nSPS) is 19.0. The number of rotatable bonds is 2. The van der Waals surface area contributed by atoms with Gasteiger partial charge in [-0.15, -0.1) is 0 Å². The standard InChI is InChI=1S/C5H10N2O3S/c1-5(8)6-11(9,10)7-3-2-4-7/h2-4H2,1H3,(H,6,8). The van der Waals surface area contributed by atoms with Gasteiger partial charge in [-0.3, -0.25) is 4.79 Å². The van der Waals surface area contributed by atoms with Gasteiger partial charge in [-0.25, -0.2) is 4.72 Å².